The monoisotopic (exact) mass is 425 g/mol. The van der Waals surface area contributed by atoms with E-state index in [1.165, 1.54) is 24.9 Å². The maximum absolute atomic E-state index is 10.9. The smallest absolute Gasteiger partial charge is 0.344 e. The third-order valence-corrected chi connectivity index (χ3v) is 4.67. The minimum absolute atomic E-state index is 0.104. The van der Waals surface area contributed by atoms with Crippen molar-refractivity contribution in [1.29, 1.82) is 0 Å². The van der Waals surface area contributed by atoms with Crippen molar-refractivity contribution < 1.29 is 14.6 Å². The van der Waals surface area contributed by atoms with Crippen LogP contribution in [0, 0.1) is 0 Å². The summed E-state index contributed by atoms with van der Waals surface area (Å²) in [5.74, 6) is -0.325. The number of carbonyl (C=O) groups is 1. The van der Waals surface area contributed by atoms with Gasteiger partial charge in [-0.2, -0.15) is 5.10 Å². The number of rotatable bonds is 7. The second-order valence-corrected chi connectivity index (χ2v) is 7.18. The Kier molecular flexibility index (Phi) is 7.97. The van der Waals surface area contributed by atoms with Gasteiger partial charge in [-0.05, 0) is 30.2 Å². The number of thioether (sulfide) groups is 1. The van der Waals surface area contributed by atoms with Crippen molar-refractivity contribution in [2.75, 3.05) is 0 Å². The van der Waals surface area contributed by atoms with Gasteiger partial charge >= 0.3 is 5.97 Å². The highest BCUT2D eigenvalue weighted by atomic mass is 35.5. The van der Waals surface area contributed by atoms with E-state index in [2.05, 4.69) is 10.2 Å². The quantitative estimate of drug-likeness (QED) is 0.388. The van der Waals surface area contributed by atoms with E-state index in [4.69, 9.17) is 38.8 Å². The lowest BCUT2D eigenvalue weighted by Gasteiger charge is -2.13. The molecular formula is C18H17Cl2N3O3S. The van der Waals surface area contributed by atoms with Gasteiger partial charge in [0.2, 0.25) is 0 Å². The maximum atomic E-state index is 10.9. The van der Waals surface area contributed by atoms with Gasteiger partial charge in [-0.25, -0.2) is 4.79 Å². The topological polar surface area (TPSA) is 97.3 Å². The number of amidine groups is 1. The first kappa shape index (κ1) is 21.1. The summed E-state index contributed by atoms with van der Waals surface area (Å²) in [6.45, 7) is 1.38. The fourth-order valence-corrected chi connectivity index (χ4v) is 3.11. The molecule has 3 N–H and O–H groups in total. The SMILES string of the molecule is CC(Oc1c(Cl)cc(C=NN=C(N)SCc2ccccc2)cc1Cl)C(=O)O. The van der Waals surface area contributed by atoms with Crippen LogP contribution in [0.2, 0.25) is 10.0 Å². The molecule has 2 rings (SSSR count). The summed E-state index contributed by atoms with van der Waals surface area (Å²) in [5, 5.41) is 17.4. The molecule has 0 spiro atoms. The third kappa shape index (κ3) is 6.78. The van der Waals surface area contributed by atoms with Gasteiger partial charge < -0.3 is 15.6 Å². The molecule has 2 aromatic rings. The fraction of sp³-hybridized carbons (Fsp3) is 0.167. The Bertz CT molecular complexity index is 837. The van der Waals surface area contributed by atoms with Crippen LogP contribution in [0.5, 0.6) is 5.75 Å². The Morgan fingerprint density at radius 2 is 1.93 bits per heavy atom. The van der Waals surface area contributed by atoms with Gasteiger partial charge in [-0.1, -0.05) is 65.3 Å². The third-order valence-electron chi connectivity index (χ3n) is 3.26. The summed E-state index contributed by atoms with van der Waals surface area (Å²) in [6.07, 6.45) is 0.364. The largest absolute Gasteiger partial charge is 0.479 e. The number of hydrogen-bond acceptors (Lipinski definition) is 5. The van der Waals surface area contributed by atoms with Crippen LogP contribution < -0.4 is 10.5 Å². The Labute approximate surface area is 171 Å². The number of hydrogen-bond donors (Lipinski definition) is 2. The number of ether oxygens (including phenoxy) is 1. The molecule has 2 aromatic carbocycles. The van der Waals surface area contributed by atoms with E-state index in [-0.39, 0.29) is 15.8 Å². The zero-order valence-electron chi connectivity index (χ0n) is 14.3. The average Bonchev–Trinajstić information content (AvgIpc) is 2.63. The number of carboxylic acids is 1. The molecule has 0 radical (unpaired) electrons. The molecule has 0 aliphatic heterocycles. The number of benzene rings is 2. The molecule has 1 atom stereocenters. The lowest BCUT2D eigenvalue weighted by molar-refractivity contribution is -0.144. The summed E-state index contributed by atoms with van der Waals surface area (Å²) in [6, 6.07) is 13.0. The molecule has 0 bridgehead atoms. The number of nitrogens with two attached hydrogens (primary N) is 1. The summed E-state index contributed by atoms with van der Waals surface area (Å²) in [5.41, 5.74) is 7.53. The van der Waals surface area contributed by atoms with Crippen LogP contribution in [0.25, 0.3) is 0 Å². The molecule has 142 valence electrons. The predicted octanol–water partition coefficient (Wildman–Crippen LogP) is 4.43. The summed E-state index contributed by atoms with van der Waals surface area (Å²) in [4.78, 5) is 10.9. The molecule has 1 unspecified atom stereocenters. The highest BCUT2D eigenvalue weighted by molar-refractivity contribution is 8.13. The number of aliphatic carboxylic acids is 1. The first-order valence-electron chi connectivity index (χ1n) is 7.78. The fourth-order valence-electron chi connectivity index (χ4n) is 1.91. The molecular weight excluding hydrogens is 409 g/mol. The van der Waals surface area contributed by atoms with Gasteiger partial charge in [-0.15, -0.1) is 5.10 Å². The predicted molar refractivity (Wildman–Crippen MR) is 111 cm³/mol. The van der Waals surface area contributed by atoms with E-state index >= 15 is 0 Å². The first-order valence-corrected chi connectivity index (χ1v) is 9.52. The normalized spacial score (nSPS) is 12.9. The Morgan fingerprint density at radius 3 is 2.52 bits per heavy atom. The van der Waals surface area contributed by atoms with Crippen LogP contribution in [-0.2, 0) is 10.5 Å². The molecule has 0 aliphatic rings. The zero-order valence-corrected chi connectivity index (χ0v) is 16.6. The molecule has 0 saturated heterocycles. The van der Waals surface area contributed by atoms with Gasteiger partial charge in [0.05, 0.1) is 16.3 Å². The molecule has 0 saturated carbocycles. The van der Waals surface area contributed by atoms with Crippen LogP contribution in [0.3, 0.4) is 0 Å². The summed E-state index contributed by atoms with van der Waals surface area (Å²) < 4.78 is 5.25. The van der Waals surface area contributed by atoms with Crippen molar-refractivity contribution in [1.82, 2.24) is 0 Å². The van der Waals surface area contributed by atoms with Gasteiger partial charge in [0.25, 0.3) is 0 Å². The van der Waals surface area contributed by atoms with Gasteiger partial charge in [-0.3, -0.25) is 0 Å². The van der Waals surface area contributed by atoms with Crippen LogP contribution in [0.15, 0.2) is 52.7 Å². The molecule has 0 amide bonds. The second-order valence-electron chi connectivity index (χ2n) is 5.37. The van der Waals surface area contributed by atoms with E-state index in [0.29, 0.717) is 16.5 Å². The van der Waals surface area contributed by atoms with Crippen LogP contribution in [0.1, 0.15) is 18.1 Å². The van der Waals surface area contributed by atoms with E-state index in [1.807, 2.05) is 30.3 Å². The van der Waals surface area contributed by atoms with E-state index < -0.39 is 12.1 Å². The highest BCUT2D eigenvalue weighted by Gasteiger charge is 2.17. The Morgan fingerprint density at radius 1 is 1.30 bits per heavy atom. The lowest BCUT2D eigenvalue weighted by atomic mass is 10.2. The van der Waals surface area contributed by atoms with E-state index in [0.717, 1.165) is 5.56 Å². The highest BCUT2D eigenvalue weighted by Crippen LogP contribution is 2.34. The van der Waals surface area contributed by atoms with Gasteiger partial charge in [0, 0.05) is 5.75 Å². The van der Waals surface area contributed by atoms with E-state index in [1.54, 1.807) is 12.1 Å². The van der Waals surface area contributed by atoms with Gasteiger partial charge in [0.1, 0.15) is 0 Å². The summed E-state index contributed by atoms with van der Waals surface area (Å²) in [7, 11) is 0. The Balaban J connectivity index is 2.00. The number of halogens is 2. The molecule has 0 aromatic heterocycles. The molecule has 6 nitrogen and oxygen atoms in total. The van der Waals surface area contributed by atoms with Crippen LogP contribution >= 0.6 is 35.0 Å². The Hall–Kier alpha value is -2.22. The van der Waals surface area contributed by atoms with Crippen molar-refractivity contribution in [3.05, 3.63) is 63.6 Å². The molecule has 0 fully saturated rings. The standard InChI is InChI=1S/C18H17Cl2N3O3S/c1-11(17(24)25)26-16-14(19)7-13(8-15(16)20)9-22-23-18(21)27-10-12-5-3-2-4-6-12/h2-9,11H,10H2,1H3,(H2,21,23)(H,24,25). The molecule has 9 heteroatoms. The maximum Gasteiger partial charge on any atom is 0.344 e. The first-order chi connectivity index (χ1) is 12.9. The number of nitrogens with zero attached hydrogens (tertiary/aromatic N) is 2. The average molecular weight is 426 g/mol. The van der Waals surface area contributed by atoms with Crippen molar-refractivity contribution in [2.45, 2.75) is 18.8 Å². The van der Waals surface area contributed by atoms with Gasteiger partial charge in [0.15, 0.2) is 17.0 Å². The molecule has 0 aliphatic carbocycles. The summed E-state index contributed by atoms with van der Waals surface area (Å²) >= 11 is 13.6. The minimum atomic E-state index is -1.12. The molecule has 0 heterocycles. The second kappa shape index (κ2) is 10.2. The van der Waals surface area contributed by atoms with Crippen molar-refractivity contribution in [3.8, 4) is 5.75 Å². The zero-order chi connectivity index (χ0) is 19.8. The van der Waals surface area contributed by atoms with Crippen molar-refractivity contribution in [3.63, 3.8) is 0 Å². The van der Waals surface area contributed by atoms with Crippen molar-refractivity contribution in [2.24, 2.45) is 15.9 Å². The van der Waals surface area contributed by atoms with Crippen LogP contribution in [0.4, 0.5) is 0 Å². The molecule has 27 heavy (non-hydrogen) atoms. The number of carboxylic acid groups (broad SMARTS) is 1. The minimum Gasteiger partial charge on any atom is -0.479 e. The van der Waals surface area contributed by atoms with Crippen LogP contribution in [-0.4, -0.2) is 28.6 Å². The van der Waals surface area contributed by atoms with Crippen molar-refractivity contribution >= 4 is 52.3 Å². The van der Waals surface area contributed by atoms with E-state index in [9.17, 15) is 4.79 Å². The lowest BCUT2D eigenvalue weighted by Crippen LogP contribution is -2.23.